The molecule has 2 aliphatic heterocycles. The van der Waals surface area contributed by atoms with Crippen LogP contribution in [-0.2, 0) is 44.6 Å². The van der Waals surface area contributed by atoms with E-state index < -0.39 is 131 Å². The molecule has 3 aliphatic carbocycles. The van der Waals surface area contributed by atoms with Crippen molar-refractivity contribution < 1.29 is 82.9 Å². The van der Waals surface area contributed by atoms with Crippen LogP contribution in [0.15, 0.2) is 30.4 Å². The van der Waals surface area contributed by atoms with E-state index >= 15 is 0 Å². The molecule has 8 atom stereocenters. The van der Waals surface area contributed by atoms with Crippen molar-refractivity contribution in [1.82, 2.24) is 10.4 Å². The predicted molar refractivity (Wildman–Crippen MR) is 204 cm³/mol. The number of aliphatic hydroxyl groups excluding tert-OH is 2. The predicted octanol–water partition coefficient (Wildman–Crippen LogP) is 1.88. The third-order valence-electron chi connectivity index (χ3n) is 12.1. The lowest BCUT2D eigenvalue weighted by Crippen LogP contribution is -2.56. The number of hydroxylamine groups is 2. The molecule has 7 rings (SSSR count). The minimum atomic E-state index is -2.39. The van der Waals surface area contributed by atoms with Gasteiger partial charge in [-0.2, -0.15) is 0 Å². The fourth-order valence-electron chi connectivity index (χ4n) is 8.69. The molecular weight excluding hydrogens is 804 g/mol. The Labute approximate surface area is 348 Å². The Kier molecular flexibility index (Phi) is 11.8. The second-order valence-corrected chi connectivity index (χ2v) is 16.2. The number of Topliss-reactive ketones (excluding diaryl/α,β-unsaturated/α-hetero) is 1. The Bertz CT molecular complexity index is 2220. The number of fused-ring (bicyclic) bond motifs is 3. The van der Waals surface area contributed by atoms with E-state index in [0.29, 0.717) is 11.5 Å². The molecule has 0 saturated carbocycles. The van der Waals surface area contributed by atoms with Gasteiger partial charge in [-0.3, -0.25) is 24.0 Å². The van der Waals surface area contributed by atoms with Crippen LogP contribution in [0.4, 0.5) is 4.79 Å². The van der Waals surface area contributed by atoms with Gasteiger partial charge < -0.3 is 54.6 Å². The number of ether oxygens (including phenoxy) is 4. The number of alkyl carbamates (subject to hydrolysis) is 1. The smallest absolute Gasteiger partial charge is 0.408 e. The summed E-state index contributed by atoms with van der Waals surface area (Å²) in [6.07, 6.45) is -4.05. The molecular formula is C42H46N2O17. The standard InChI is InChI=1S/C42H46N2O17/c1-19-34(49)23(43-40(55)59-20-7-5-13-41(2,14-6-8-20)39(54)61-44-27(47)11-12-28(44)48)15-29(58-19)60-25-17-42(56,26(46)18-45)16-22-31(25)38(53)33-32(36(22)51)35(50)21-9-4-10-24(57-3)30(21)37(33)52/h4-5,7,9-10,19-20,23,25,29,34,45,49,51,53,56H,6,8,11-18H2,1-3H3,(H,43,55)/b7-5+/t19?,20?,23?,25-,29-,34+,41?,42-/m0/s1. The highest BCUT2D eigenvalue weighted by atomic mass is 16.7. The summed E-state index contributed by atoms with van der Waals surface area (Å²) in [5.74, 6) is -6.16. The number of benzene rings is 2. The summed E-state index contributed by atoms with van der Waals surface area (Å²) in [4.78, 5) is 96.1. The van der Waals surface area contributed by atoms with Gasteiger partial charge in [0.1, 0.15) is 41.7 Å². The van der Waals surface area contributed by atoms with Gasteiger partial charge in [0.25, 0.3) is 11.8 Å². The summed E-state index contributed by atoms with van der Waals surface area (Å²) in [7, 11) is 1.29. The zero-order valence-electron chi connectivity index (χ0n) is 33.5. The molecule has 4 unspecified atom stereocenters. The maximum Gasteiger partial charge on any atom is 0.408 e. The number of ketones is 3. The summed E-state index contributed by atoms with van der Waals surface area (Å²) >= 11 is 0. The van der Waals surface area contributed by atoms with Crippen LogP contribution < -0.4 is 10.1 Å². The van der Waals surface area contributed by atoms with Crippen molar-refractivity contribution >= 4 is 41.2 Å². The molecule has 2 saturated heterocycles. The van der Waals surface area contributed by atoms with Crippen LogP contribution in [0.5, 0.6) is 17.2 Å². The van der Waals surface area contributed by atoms with E-state index in [4.69, 9.17) is 23.8 Å². The van der Waals surface area contributed by atoms with Crippen molar-refractivity contribution in [2.45, 2.75) is 114 Å². The van der Waals surface area contributed by atoms with Crippen LogP contribution >= 0.6 is 0 Å². The molecule has 2 aromatic carbocycles. The molecule has 19 nitrogen and oxygen atoms in total. The van der Waals surface area contributed by atoms with Gasteiger partial charge >= 0.3 is 12.1 Å². The van der Waals surface area contributed by atoms with Crippen LogP contribution in [0.2, 0.25) is 0 Å². The molecule has 2 aromatic rings. The fourth-order valence-corrected chi connectivity index (χ4v) is 8.69. The second-order valence-electron chi connectivity index (χ2n) is 16.2. The van der Waals surface area contributed by atoms with Crippen molar-refractivity contribution in [1.29, 1.82) is 0 Å². The largest absolute Gasteiger partial charge is 0.507 e. The highest BCUT2D eigenvalue weighted by Crippen LogP contribution is 2.52. The lowest BCUT2D eigenvalue weighted by molar-refractivity contribution is -0.249. The van der Waals surface area contributed by atoms with E-state index in [1.807, 2.05) is 0 Å². The first-order valence-electron chi connectivity index (χ1n) is 19.9. The number of imide groups is 1. The van der Waals surface area contributed by atoms with Crippen molar-refractivity contribution in [3.63, 3.8) is 0 Å². The van der Waals surface area contributed by atoms with Crippen LogP contribution in [0, 0.1) is 5.41 Å². The Hall–Kier alpha value is -5.73. The minimum Gasteiger partial charge on any atom is -0.507 e. The number of rotatable bonds is 9. The molecule has 2 fully saturated rings. The van der Waals surface area contributed by atoms with E-state index in [9.17, 15) is 59.1 Å². The van der Waals surface area contributed by atoms with E-state index in [-0.39, 0.29) is 66.5 Å². The van der Waals surface area contributed by atoms with Crippen molar-refractivity contribution in [3.05, 3.63) is 63.7 Å². The van der Waals surface area contributed by atoms with Crippen LogP contribution in [0.3, 0.4) is 0 Å². The number of nitrogens with one attached hydrogen (secondary N) is 1. The Balaban J connectivity index is 1.08. The van der Waals surface area contributed by atoms with Crippen molar-refractivity contribution in [2.75, 3.05) is 13.7 Å². The molecule has 5 aliphatic rings. The molecule has 0 radical (unpaired) electrons. The van der Waals surface area contributed by atoms with Gasteiger partial charge in [0.05, 0.1) is 47.5 Å². The number of amides is 3. The van der Waals surface area contributed by atoms with Crippen LogP contribution in [0.1, 0.15) is 114 Å². The summed E-state index contributed by atoms with van der Waals surface area (Å²) in [6, 6.07) is 3.20. The van der Waals surface area contributed by atoms with E-state index in [0.717, 1.165) is 0 Å². The molecule has 61 heavy (non-hydrogen) atoms. The summed E-state index contributed by atoms with van der Waals surface area (Å²) in [5, 5.41) is 59.0. The normalized spacial score (nSPS) is 30.3. The lowest BCUT2D eigenvalue weighted by atomic mass is 9.72. The Morgan fingerprint density at radius 2 is 1.72 bits per heavy atom. The first kappa shape index (κ1) is 43.4. The average Bonchev–Trinajstić information content (AvgIpc) is 3.53. The monoisotopic (exact) mass is 850 g/mol. The number of aromatic hydroxyl groups is 2. The average molecular weight is 851 g/mol. The molecule has 0 aromatic heterocycles. The first-order chi connectivity index (χ1) is 28.9. The van der Waals surface area contributed by atoms with Gasteiger partial charge in [-0.25, -0.2) is 9.59 Å². The van der Waals surface area contributed by atoms with Gasteiger partial charge in [-0.05, 0) is 51.7 Å². The molecule has 3 amide bonds. The fraction of sp³-hybridized carbons (Fsp3) is 0.500. The maximum absolute atomic E-state index is 14.0. The number of phenols is 2. The summed E-state index contributed by atoms with van der Waals surface area (Å²) < 4.78 is 23.1. The molecule has 0 spiro atoms. The quantitative estimate of drug-likeness (QED) is 0.102. The zero-order chi connectivity index (χ0) is 44.1. The van der Waals surface area contributed by atoms with Gasteiger partial charge in [0, 0.05) is 48.8 Å². The number of allylic oxidation sites excluding steroid dienone is 1. The number of nitrogens with zero attached hydrogens (tertiary/aromatic N) is 1. The number of phenolic OH excluding ortho intramolecular Hbond substituents is 2. The molecule has 2 heterocycles. The van der Waals surface area contributed by atoms with Crippen molar-refractivity contribution in [3.8, 4) is 17.2 Å². The second kappa shape index (κ2) is 16.6. The van der Waals surface area contributed by atoms with Gasteiger partial charge in [-0.1, -0.05) is 18.2 Å². The Morgan fingerprint density at radius 1 is 1.02 bits per heavy atom. The topological polar surface area (TPSA) is 282 Å². The van der Waals surface area contributed by atoms with Crippen LogP contribution in [-0.4, -0.2) is 122 Å². The van der Waals surface area contributed by atoms with E-state index in [2.05, 4.69) is 5.32 Å². The molecule has 326 valence electrons. The third-order valence-corrected chi connectivity index (χ3v) is 12.1. The van der Waals surface area contributed by atoms with Gasteiger partial charge in [0.2, 0.25) is 5.78 Å². The number of aliphatic hydroxyl groups is 3. The van der Waals surface area contributed by atoms with E-state index in [1.54, 1.807) is 19.1 Å². The van der Waals surface area contributed by atoms with Gasteiger partial charge in [-0.15, -0.1) is 5.06 Å². The first-order valence-corrected chi connectivity index (χ1v) is 19.9. The maximum atomic E-state index is 14.0. The molecule has 19 heteroatoms. The third kappa shape index (κ3) is 7.87. The number of hydrogen-bond donors (Lipinski definition) is 6. The van der Waals surface area contributed by atoms with Crippen molar-refractivity contribution in [2.24, 2.45) is 5.41 Å². The Morgan fingerprint density at radius 3 is 2.41 bits per heavy atom. The van der Waals surface area contributed by atoms with E-state index in [1.165, 1.54) is 32.2 Å². The molecule has 6 N–H and O–H groups in total. The number of methoxy groups -OCH3 is 1. The summed E-state index contributed by atoms with van der Waals surface area (Å²) in [6.45, 7) is 2.03. The van der Waals surface area contributed by atoms with Crippen LogP contribution in [0.25, 0.3) is 0 Å². The minimum absolute atomic E-state index is 0.0360. The highest BCUT2D eigenvalue weighted by Gasteiger charge is 2.51. The van der Waals surface area contributed by atoms with Gasteiger partial charge in [0.15, 0.2) is 17.9 Å². The molecule has 0 bridgehead atoms. The highest BCUT2D eigenvalue weighted by molar-refractivity contribution is 6.31. The summed E-state index contributed by atoms with van der Waals surface area (Å²) in [5.41, 5.74) is -5.33. The zero-order valence-corrected chi connectivity index (χ0v) is 33.5. The SMILES string of the molecule is COc1cccc2c1C(=O)c1c(O)c3c(c(O)c1C2=O)C[C@@](O)(C(=O)CO)C[C@@H]3O[C@H]1CC(NC(=O)OC2/C=C/CC(C)(C(=O)ON3C(=O)CCC3=O)CCC2)[C@H](O)C(C)O1. The number of hydrogen-bond acceptors (Lipinski definition) is 17. The number of carbonyl (C=O) groups excluding carboxylic acids is 7. The lowest BCUT2D eigenvalue weighted by Gasteiger charge is -2.42. The number of carbonyl (C=O) groups is 7.